The van der Waals surface area contributed by atoms with E-state index in [-0.39, 0.29) is 12.6 Å². The summed E-state index contributed by atoms with van der Waals surface area (Å²) in [5.74, 6) is 3.57. The monoisotopic (exact) mass is 326 g/mol. The third-order valence-electron chi connectivity index (χ3n) is 3.70. The second kappa shape index (κ2) is 7.81. The Morgan fingerprint density at radius 1 is 1.04 bits per heavy atom. The zero-order valence-electron chi connectivity index (χ0n) is 13.0. The van der Waals surface area contributed by atoms with Crippen LogP contribution in [0.15, 0.2) is 60.7 Å². The Morgan fingerprint density at radius 3 is 1.91 bits per heavy atom. The van der Waals surface area contributed by atoms with Gasteiger partial charge in [-0.2, -0.15) is 0 Å². The van der Waals surface area contributed by atoms with Gasteiger partial charge in [-0.05, 0) is 13.3 Å². The van der Waals surface area contributed by atoms with Gasteiger partial charge in [0.1, 0.15) is 13.1 Å². The molecule has 4 heteroatoms. The predicted molar refractivity (Wildman–Crippen MR) is 93.8 cm³/mol. The minimum atomic E-state index is -2.87. The number of aliphatic carboxylic acids is 1. The Kier molecular flexibility index (Phi) is 5.79. The van der Waals surface area contributed by atoms with Gasteiger partial charge >= 0.3 is 5.97 Å². The van der Waals surface area contributed by atoms with Crippen molar-refractivity contribution in [2.75, 3.05) is 6.16 Å². The van der Waals surface area contributed by atoms with E-state index >= 15 is 0 Å². The van der Waals surface area contributed by atoms with Crippen molar-refractivity contribution in [3.63, 3.8) is 0 Å². The highest BCUT2D eigenvalue weighted by Gasteiger charge is 2.29. The van der Waals surface area contributed by atoms with Crippen molar-refractivity contribution < 1.29 is 14.5 Å². The average Bonchev–Trinajstić information content (AvgIpc) is 2.59. The van der Waals surface area contributed by atoms with Crippen LogP contribution in [0.3, 0.4) is 0 Å². The van der Waals surface area contributed by atoms with Crippen LogP contribution in [0.4, 0.5) is 0 Å². The van der Waals surface area contributed by atoms with Crippen molar-refractivity contribution >= 4 is 23.7 Å². The largest absolute Gasteiger partial charge is 0.480 e. The van der Waals surface area contributed by atoms with Crippen LogP contribution >= 0.6 is 7.14 Å². The van der Waals surface area contributed by atoms with Gasteiger partial charge in [0.25, 0.3) is 0 Å². The smallest absolute Gasteiger partial charge is 0.318 e. The van der Waals surface area contributed by atoms with E-state index in [0.29, 0.717) is 0 Å². The first-order chi connectivity index (χ1) is 11.1. The molecule has 118 valence electrons. The van der Waals surface area contributed by atoms with E-state index in [1.54, 1.807) is 6.92 Å². The molecule has 0 aromatic heterocycles. The summed E-state index contributed by atoms with van der Waals surface area (Å²) in [6.45, 7) is 1.62. The number of benzene rings is 2. The van der Waals surface area contributed by atoms with Crippen molar-refractivity contribution in [2.24, 2.45) is 5.92 Å². The highest BCUT2D eigenvalue weighted by molar-refractivity contribution is 7.78. The SMILES string of the molecule is CC#CC(CCP(=O)(c1ccccc1)c1ccccc1)C(=O)O. The maximum atomic E-state index is 13.7. The number of carbonyl (C=O) groups is 1. The second-order valence-electron chi connectivity index (χ2n) is 5.21. The molecule has 1 N–H and O–H groups in total. The van der Waals surface area contributed by atoms with Crippen molar-refractivity contribution in [1.82, 2.24) is 0 Å². The summed E-state index contributed by atoms with van der Waals surface area (Å²) in [6.07, 6.45) is 0.546. The van der Waals surface area contributed by atoms with E-state index in [1.165, 1.54) is 0 Å². The highest BCUT2D eigenvalue weighted by atomic mass is 31.2. The molecule has 0 saturated heterocycles. The molecule has 2 aromatic carbocycles. The molecule has 0 radical (unpaired) electrons. The van der Waals surface area contributed by atoms with Gasteiger partial charge in [-0.3, -0.25) is 4.79 Å². The Hall–Kier alpha value is -2.30. The number of hydrogen-bond donors (Lipinski definition) is 1. The fourth-order valence-corrected chi connectivity index (χ4v) is 5.23. The van der Waals surface area contributed by atoms with Gasteiger partial charge < -0.3 is 9.67 Å². The zero-order chi connectivity index (χ0) is 16.7. The summed E-state index contributed by atoms with van der Waals surface area (Å²) in [5, 5.41) is 10.7. The van der Waals surface area contributed by atoms with Gasteiger partial charge in [0.05, 0.1) is 0 Å². The molecule has 2 aromatic rings. The first-order valence-electron chi connectivity index (χ1n) is 7.43. The molecule has 0 bridgehead atoms. The van der Waals surface area contributed by atoms with E-state index in [0.717, 1.165) is 10.6 Å². The van der Waals surface area contributed by atoms with Crippen LogP contribution in [-0.2, 0) is 9.36 Å². The summed E-state index contributed by atoms with van der Waals surface area (Å²) >= 11 is 0. The normalized spacial score (nSPS) is 12.0. The molecule has 23 heavy (non-hydrogen) atoms. The lowest BCUT2D eigenvalue weighted by Crippen LogP contribution is -2.21. The van der Waals surface area contributed by atoms with E-state index in [1.807, 2.05) is 60.7 Å². The van der Waals surface area contributed by atoms with Crippen molar-refractivity contribution in [3.8, 4) is 11.8 Å². The van der Waals surface area contributed by atoms with Crippen molar-refractivity contribution in [3.05, 3.63) is 60.7 Å². The summed E-state index contributed by atoms with van der Waals surface area (Å²) in [4.78, 5) is 11.3. The number of rotatable bonds is 6. The first kappa shape index (κ1) is 17.1. The summed E-state index contributed by atoms with van der Waals surface area (Å²) in [7, 11) is -2.87. The molecular weight excluding hydrogens is 307 g/mol. The summed E-state index contributed by atoms with van der Waals surface area (Å²) < 4.78 is 13.7. The Labute approximate surface area is 136 Å². The molecule has 0 amide bonds. The molecule has 0 aliphatic rings. The third-order valence-corrected chi connectivity index (χ3v) is 6.85. The lowest BCUT2D eigenvalue weighted by molar-refractivity contribution is -0.139. The van der Waals surface area contributed by atoms with Crippen molar-refractivity contribution in [2.45, 2.75) is 13.3 Å². The van der Waals surface area contributed by atoms with Gasteiger partial charge in [-0.25, -0.2) is 0 Å². The lowest BCUT2D eigenvalue weighted by atomic mass is 10.1. The molecule has 0 spiro atoms. The molecule has 0 heterocycles. The van der Waals surface area contributed by atoms with Gasteiger partial charge in [0, 0.05) is 16.8 Å². The first-order valence-corrected chi connectivity index (χ1v) is 9.32. The molecule has 0 aliphatic carbocycles. The number of hydrogen-bond acceptors (Lipinski definition) is 2. The molecule has 0 saturated carbocycles. The minimum absolute atomic E-state index is 0.261. The van der Waals surface area contributed by atoms with Crippen LogP contribution in [0.1, 0.15) is 13.3 Å². The standard InChI is InChI=1S/C19H19O3P/c1-2-9-16(19(20)21)14-15-23(22,17-10-5-3-6-11-17)18-12-7-4-8-13-18/h3-8,10-13,16H,14-15H2,1H3,(H,20,21). The predicted octanol–water partition coefficient (Wildman–Crippen LogP) is 3.11. The zero-order valence-corrected chi connectivity index (χ0v) is 13.9. The minimum Gasteiger partial charge on any atom is -0.480 e. The quantitative estimate of drug-likeness (QED) is 0.655. The van der Waals surface area contributed by atoms with E-state index in [4.69, 9.17) is 0 Å². The Bertz CT molecular complexity index is 714. The summed E-state index contributed by atoms with van der Waals surface area (Å²) in [6, 6.07) is 18.5. The second-order valence-corrected chi connectivity index (χ2v) is 8.17. The number of carboxylic acids is 1. The maximum absolute atomic E-state index is 13.7. The third kappa shape index (κ3) is 4.12. The van der Waals surface area contributed by atoms with Gasteiger partial charge in [0.2, 0.25) is 0 Å². The molecule has 0 fully saturated rings. The van der Waals surface area contributed by atoms with E-state index in [2.05, 4.69) is 11.8 Å². The van der Waals surface area contributed by atoms with Crippen molar-refractivity contribution in [1.29, 1.82) is 0 Å². The maximum Gasteiger partial charge on any atom is 0.318 e. The van der Waals surface area contributed by atoms with Gasteiger partial charge in [-0.15, -0.1) is 5.92 Å². The van der Waals surface area contributed by atoms with Crippen LogP contribution < -0.4 is 10.6 Å². The average molecular weight is 326 g/mol. The lowest BCUT2D eigenvalue weighted by Gasteiger charge is -2.20. The highest BCUT2D eigenvalue weighted by Crippen LogP contribution is 2.44. The van der Waals surface area contributed by atoms with Crippen LogP contribution in [0, 0.1) is 17.8 Å². The molecule has 0 aliphatic heterocycles. The molecule has 1 unspecified atom stereocenters. The number of carboxylic acid groups (broad SMARTS) is 1. The van der Waals surface area contributed by atoms with Gasteiger partial charge in [0.15, 0.2) is 0 Å². The van der Waals surface area contributed by atoms with Crippen LogP contribution in [-0.4, -0.2) is 17.2 Å². The van der Waals surface area contributed by atoms with Crippen LogP contribution in [0.25, 0.3) is 0 Å². The Balaban J connectivity index is 2.37. The topological polar surface area (TPSA) is 54.4 Å². The molecule has 2 rings (SSSR count). The van der Waals surface area contributed by atoms with Crippen LogP contribution in [0.5, 0.6) is 0 Å². The Morgan fingerprint density at radius 2 is 1.52 bits per heavy atom. The van der Waals surface area contributed by atoms with E-state index < -0.39 is 19.0 Å². The van der Waals surface area contributed by atoms with Gasteiger partial charge in [-0.1, -0.05) is 66.6 Å². The molecular formula is C19H19O3P. The van der Waals surface area contributed by atoms with Crippen LogP contribution in [0.2, 0.25) is 0 Å². The molecule has 3 nitrogen and oxygen atoms in total. The fraction of sp³-hybridized carbons (Fsp3) is 0.211. The molecule has 1 atom stereocenters. The fourth-order valence-electron chi connectivity index (χ4n) is 2.49. The summed E-state index contributed by atoms with van der Waals surface area (Å²) in [5.41, 5.74) is 0. The van der Waals surface area contributed by atoms with E-state index in [9.17, 15) is 14.5 Å².